The molecule has 0 saturated carbocycles. The average Bonchev–Trinajstić information content (AvgIpc) is 2.90. The maximum absolute atomic E-state index is 13.9. The van der Waals surface area contributed by atoms with E-state index in [0.29, 0.717) is 22.2 Å². The van der Waals surface area contributed by atoms with Crippen molar-refractivity contribution < 1.29 is 22.4 Å². The predicted octanol–water partition coefficient (Wildman–Crippen LogP) is 5.83. The minimum Gasteiger partial charge on any atom is -0.354 e. The van der Waals surface area contributed by atoms with Gasteiger partial charge >= 0.3 is 0 Å². The summed E-state index contributed by atoms with van der Waals surface area (Å²) in [5.74, 6) is -1.49. The van der Waals surface area contributed by atoms with Gasteiger partial charge in [0.1, 0.15) is 18.4 Å². The number of hydrogen-bond donors (Lipinski definition) is 1. The number of halogens is 3. The molecule has 0 heterocycles. The Kier molecular flexibility index (Phi) is 10.6. The summed E-state index contributed by atoms with van der Waals surface area (Å²) >= 11 is 12.8. The Labute approximate surface area is 244 Å². The van der Waals surface area contributed by atoms with Crippen LogP contribution in [0.3, 0.4) is 0 Å². The number of anilines is 1. The maximum atomic E-state index is 13.9. The van der Waals surface area contributed by atoms with Crippen molar-refractivity contribution >= 4 is 50.7 Å². The van der Waals surface area contributed by atoms with Crippen LogP contribution in [0.5, 0.6) is 0 Å². The lowest BCUT2D eigenvalue weighted by Crippen LogP contribution is -2.51. The molecule has 3 aromatic carbocycles. The fourth-order valence-corrected chi connectivity index (χ4v) is 5.79. The lowest BCUT2D eigenvalue weighted by atomic mass is 10.1. The van der Waals surface area contributed by atoms with E-state index in [1.54, 1.807) is 49.4 Å². The summed E-state index contributed by atoms with van der Waals surface area (Å²) < 4.78 is 42.0. The number of nitrogens with one attached hydrogen (secondary N) is 1. The van der Waals surface area contributed by atoms with Gasteiger partial charge in [0.15, 0.2) is 0 Å². The molecule has 214 valence electrons. The Hall–Kier alpha value is -3.14. The first-order valence-electron chi connectivity index (χ1n) is 12.7. The number of benzene rings is 3. The summed E-state index contributed by atoms with van der Waals surface area (Å²) in [6.07, 6.45) is 0. The van der Waals surface area contributed by atoms with Crippen LogP contribution in [0, 0.1) is 18.7 Å². The molecule has 2 amide bonds. The first-order valence-corrected chi connectivity index (χ1v) is 14.9. The van der Waals surface area contributed by atoms with Gasteiger partial charge in [0.2, 0.25) is 11.8 Å². The Balaban J connectivity index is 2.04. The minimum absolute atomic E-state index is 0.133. The van der Waals surface area contributed by atoms with Gasteiger partial charge in [-0.05, 0) is 68.3 Å². The molecule has 40 heavy (non-hydrogen) atoms. The Bertz CT molecular complexity index is 1430. The molecule has 0 bridgehead atoms. The molecule has 0 saturated heterocycles. The van der Waals surface area contributed by atoms with E-state index < -0.39 is 40.2 Å². The van der Waals surface area contributed by atoms with Crippen LogP contribution < -0.4 is 9.62 Å². The topological polar surface area (TPSA) is 86.8 Å². The average molecular weight is 609 g/mol. The van der Waals surface area contributed by atoms with E-state index in [4.69, 9.17) is 23.2 Å². The van der Waals surface area contributed by atoms with Crippen LogP contribution in [0.2, 0.25) is 10.0 Å². The molecule has 0 aliphatic carbocycles. The van der Waals surface area contributed by atoms with Gasteiger partial charge in [0.25, 0.3) is 10.0 Å². The van der Waals surface area contributed by atoms with Crippen LogP contribution in [0.1, 0.15) is 31.9 Å². The van der Waals surface area contributed by atoms with Gasteiger partial charge in [0, 0.05) is 28.7 Å². The third-order valence-electron chi connectivity index (χ3n) is 6.24. The molecule has 0 aliphatic heterocycles. The highest BCUT2D eigenvalue weighted by Gasteiger charge is 2.33. The van der Waals surface area contributed by atoms with Gasteiger partial charge < -0.3 is 10.2 Å². The first-order chi connectivity index (χ1) is 18.8. The summed E-state index contributed by atoms with van der Waals surface area (Å²) in [5.41, 5.74) is 1.54. The molecule has 11 heteroatoms. The van der Waals surface area contributed by atoms with Gasteiger partial charge in [-0.25, -0.2) is 12.8 Å². The zero-order valence-corrected chi connectivity index (χ0v) is 25.0. The zero-order valence-electron chi connectivity index (χ0n) is 22.7. The number of carbonyl (C=O) groups excluding carboxylic acids is 2. The summed E-state index contributed by atoms with van der Waals surface area (Å²) in [4.78, 5) is 28.1. The molecule has 0 aliphatic rings. The third-order valence-corrected chi connectivity index (χ3v) is 8.74. The number of hydrogen-bond acceptors (Lipinski definition) is 4. The van der Waals surface area contributed by atoms with E-state index in [2.05, 4.69) is 5.32 Å². The Morgan fingerprint density at radius 3 is 2.05 bits per heavy atom. The lowest BCUT2D eigenvalue weighted by Gasteiger charge is -2.32. The van der Waals surface area contributed by atoms with Crippen LogP contribution in [-0.4, -0.2) is 44.3 Å². The number of rotatable bonds is 11. The second-order valence-corrected chi connectivity index (χ2v) is 12.5. The second-order valence-electron chi connectivity index (χ2n) is 9.84. The Morgan fingerprint density at radius 1 is 0.925 bits per heavy atom. The van der Waals surface area contributed by atoms with E-state index in [-0.39, 0.29) is 23.0 Å². The van der Waals surface area contributed by atoms with Gasteiger partial charge in [-0.3, -0.25) is 13.9 Å². The molecule has 1 atom stereocenters. The number of nitrogens with zero attached hydrogens (tertiary/aromatic N) is 2. The van der Waals surface area contributed by atoms with Crippen molar-refractivity contribution in [1.82, 2.24) is 10.2 Å². The normalized spacial score (nSPS) is 12.2. The maximum Gasteiger partial charge on any atom is 0.264 e. The molecule has 0 spiro atoms. The number of carbonyl (C=O) groups is 2. The van der Waals surface area contributed by atoms with E-state index in [0.717, 1.165) is 34.1 Å². The number of amides is 2. The van der Waals surface area contributed by atoms with Gasteiger partial charge in [-0.1, -0.05) is 60.8 Å². The highest BCUT2D eigenvalue weighted by molar-refractivity contribution is 7.92. The molecular weight excluding hydrogens is 576 g/mol. The van der Waals surface area contributed by atoms with E-state index in [9.17, 15) is 22.4 Å². The van der Waals surface area contributed by atoms with E-state index in [1.807, 2.05) is 20.8 Å². The van der Waals surface area contributed by atoms with Crippen LogP contribution in [0.15, 0.2) is 71.6 Å². The van der Waals surface area contributed by atoms with Gasteiger partial charge in [-0.15, -0.1) is 0 Å². The number of aryl methyl sites for hydroxylation is 1. The van der Waals surface area contributed by atoms with Crippen LogP contribution >= 0.6 is 23.2 Å². The number of sulfonamides is 1. The SMILES string of the molecule is Cc1ccc(N(CC(=O)N(Cc2c(Cl)cccc2Cl)C(C)C(=O)NCC(C)C)S(=O)(=O)c2ccc(F)cc2)cc1. The minimum atomic E-state index is -4.30. The Morgan fingerprint density at radius 2 is 1.50 bits per heavy atom. The van der Waals surface area contributed by atoms with Crippen molar-refractivity contribution in [3.8, 4) is 0 Å². The molecule has 1 unspecified atom stereocenters. The molecular formula is C29H32Cl2FN3O4S. The fraction of sp³-hybridized carbons (Fsp3) is 0.310. The largest absolute Gasteiger partial charge is 0.354 e. The standard InChI is InChI=1S/C29H32Cl2FN3O4S/c1-19(2)16-33-29(37)21(4)34(17-25-26(30)6-5-7-27(25)31)28(36)18-35(23-12-8-20(3)9-13-23)40(38,39)24-14-10-22(32)11-15-24/h5-15,19,21H,16-18H2,1-4H3,(H,33,37). The molecule has 3 aromatic rings. The monoisotopic (exact) mass is 607 g/mol. The first kappa shape index (κ1) is 31.4. The fourth-order valence-electron chi connectivity index (χ4n) is 3.86. The van der Waals surface area contributed by atoms with Crippen LogP contribution in [-0.2, 0) is 26.2 Å². The van der Waals surface area contributed by atoms with Crippen molar-refractivity contribution in [2.24, 2.45) is 5.92 Å². The van der Waals surface area contributed by atoms with Gasteiger partial charge in [-0.2, -0.15) is 0 Å². The summed E-state index contributed by atoms with van der Waals surface area (Å²) in [6.45, 7) is 6.92. The van der Waals surface area contributed by atoms with Crippen LogP contribution in [0.25, 0.3) is 0 Å². The van der Waals surface area contributed by atoms with Crippen molar-refractivity contribution in [2.45, 2.75) is 45.2 Å². The molecule has 1 N–H and O–H groups in total. The van der Waals surface area contributed by atoms with Gasteiger partial charge in [0.05, 0.1) is 10.6 Å². The summed E-state index contributed by atoms with van der Waals surface area (Å²) in [7, 11) is -4.30. The molecule has 3 rings (SSSR count). The smallest absolute Gasteiger partial charge is 0.264 e. The highest BCUT2D eigenvalue weighted by Crippen LogP contribution is 2.28. The molecule has 0 fully saturated rings. The quantitative estimate of drug-likeness (QED) is 0.297. The molecule has 7 nitrogen and oxygen atoms in total. The predicted molar refractivity (Wildman–Crippen MR) is 156 cm³/mol. The van der Waals surface area contributed by atoms with Crippen molar-refractivity contribution in [3.63, 3.8) is 0 Å². The van der Waals surface area contributed by atoms with Crippen molar-refractivity contribution in [2.75, 3.05) is 17.4 Å². The van der Waals surface area contributed by atoms with Crippen LogP contribution in [0.4, 0.5) is 10.1 Å². The van der Waals surface area contributed by atoms with E-state index >= 15 is 0 Å². The highest BCUT2D eigenvalue weighted by atomic mass is 35.5. The lowest BCUT2D eigenvalue weighted by molar-refractivity contribution is -0.139. The summed E-state index contributed by atoms with van der Waals surface area (Å²) in [6, 6.07) is 14.9. The second kappa shape index (κ2) is 13.5. The van der Waals surface area contributed by atoms with Crippen molar-refractivity contribution in [3.05, 3.63) is 93.7 Å². The third kappa shape index (κ3) is 7.74. The molecule has 0 radical (unpaired) electrons. The molecule has 0 aromatic heterocycles. The van der Waals surface area contributed by atoms with Crippen molar-refractivity contribution in [1.29, 1.82) is 0 Å². The van der Waals surface area contributed by atoms with E-state index in [1.165, 1.54) is 4.90 Å². The summed E-state index contributed by atoms with van der Waals surface area (Å²) in [5, 5.41) is 3.42. The zero-order chi connectivity index (χ0) is 29.6.